The zero-order valence-corrected chi connectivity index (χ0v) is 10.5. The van der Waals surface area contributed by atoms with Gasteiger partial charge in [-0.25, -0.2) is 9.97 Å². The lowest BCUT2D eigenvalue weighted by atomic mass is 10.0. The minimum absolute atomic E-state index is 0.277. The van der Waals surface area contributed by atoms with Crippen LogP contribution in [0.2, 0.25) is 0 Å². The second-order valence-electron chi connectivity index (χ2n) is 3.71. The maximum absolute atomic E-state index is 5.44. The van der Waals surface area contributed by atoms with E-state index in [-0.39, 0.29) is 4.99 Å². The van der Waals surface area contributed by atoms with Crippen LogP contribution in [0.15, 0.2) is 12.4 Å². The average Bonchev–Trinajstić information content (AvgIpc) is 2.31. The lowest BCUT2D eigenvalue weighted by Crippen LogP contribution is -2.15. The summed E-state index contributed by atoms with van der Waals surface area (Å²) < 4.78 is 0. The van der Waals surface area contributed by atoms with Crippen LogP contribution >= 0.6 is 12.2 Å². The topological polar surface area (TPSA) is 63.8 Å². The van der Waals surface area contributed by atoms with Crippen LogP contribution < -0.4 is 11.1 Å². The standard InChI is InChI=1S/C11H18N4S/c1-3-8(4-2)5-14-10-7-13-9(6-15-10)11(12)16/h6-8H,3-5H2,1-2H3,(H2,12,16)(H,14,15). The van der Waals surface area contributed by atoms with E-state index in [1.165, 1.54) is 12.8 Å². The maximum atomic E-state index is 5.44. The molecular formula is C11H18N4S. The fourth-order valence-electron chi connectivity index (χ4n) is 1.37. The van der Waals surface area contributed by atoms with Crippen LogP contribution in [0.1, 0.15) is 32.4 Å². The van der Waals surface area contributed by atoms with E-state index in [4.69, 9.17) is 18.0 Å². The van der Waals surface area contributed by atoms with E-state index in [2.05, 4.69) is 29.1 Å². The van der Waals surface area contributed by atoms with E-state index in [1.807, 2.05) is 0 Å². The van der Waals surface area contributed by atoms with Crippen LogP contribution in [0.25, 0.3) is 0 Å². The van der Waals surface area contributed by atoms with E-state index < -0.39 is 0 Å². The van der Waals surface area contributed by atoms with Gasteiger partial charge in [-0.2, -0.15) is 0 Å². The summed E-state index contributed by atoms with van der Waals surface area (Å²) in [5.41, 5.74) is 6.00. The smallest absolute Gasteiger partial charge is 0.144 e. The van der Waals surface area contributed by atoms with Crippen molar-refractivity contribution in [3.05, 3.63) is 18.1 Å². The second kappa shape index (κ2) is 6.37. The van der Waals surface area contributed by atoms with E-state index >= 15 is 0 Å². The van der Waals surface area contributed by atoms with Crippen molar-refractivity contribution in [3.8, 4) is 0 Å². The zero-order chi connectivity index (χ0) is 12.0. The quantitative estimate of drug-likeness (QED) is 0.742. The van der Waals surface area contributed by atoms with Gasteiger partial charge in [0.05, 0.1) is 12.4 Å². The molecule has 4 nitrogen and oxygen atoms in total. The summed E-state index contributed by atoms with van der Waals surface area (Å²) in [6.45, 7) is 5.31. The van der Waals surface area contributed by atoms with Crippen molar-refractivity contribution in [2.75, 3.05) is 11.9 Å². The predicted octanol–water partition coefficient (Wildman–Crippen LogP) is 1.96. The Morgan fingerprint density at radius 2 is 2.06 bits per heavy atom. The number of nitrogens with two attached hydrogens (primary N) is 1. The number of nitrogens with one attached hydrogen (secondary N) is 1. The Kier molecular flexibility index (Phi) is 5.11. The molecule has 3 N–H and O–H groups in total. The van der Waals surface area contributed by atoms with Gasteiger partial charge in [0, 0.05) is 6.54 Å². The van der Waals surface area contributed by atoms with Gasteiger partial charge in [-0.05, 0) is 5.92 Å². The van der Waals surface area contributed by atoms with E-state index in [9.17, 15) is 0 Å². The van der Waals surface area contributed by atoms with E-state index in [0.717, 1.165) is 12.4 Å². The molecule has 0 saturated carbocycles. The fourth-order valence-corrected chi connectivity index (χ4v) is 1.48. The molecule has 1 rings (SSSR count). The first-order valence-electron chi connectivity index (χ1n) is 5.53. The number of rotatable bonds is 6. The normalized spacial score (nSPS) is 10.4. The highest BCUT2D eigenvalue weighted by Gasteiger charge is 2.04. The Morgan fingerprint density at radius 1 is 1.38 bits per heavy atom. The van der Waals surface area contributed by atoms with Crippen molar-refractivity contribution >= 4 is 23.0 Å². The molecule has 16 heavy (non-hydrogen) atoms. The SMILES string of the molecule is CCC(CC)CNc1cnc(C(N)=S)cn1. The molecule has 1 aromatic rings. The Balaban J connectivity index is 2.52. The summed E-state index contributed by atoms with van der Waals surface area (Å²) in [7, 11) is 0. The minimum atomic E-state index is 0.277. The van der Waals surface area contributed by atoms with Crippen LogP contribution in [-0.2, 0) is 0 Å². The molecule has 0 amide bonds. The molecule has 0 saturated heterocycles. The van der Waals surface area contributed by atoms with Crippen LogP contribution in [-0.4, -0.2) is 21.5 Å². The lowest BCUT2D eigenvalue weighted by molar-refractivity contribution is 0.518. The molecule has 0 unspecified atom stereocenters. The molecule has 0 aliphatic heterocycles. The summed E-state index contributed by atoms with van der Waals surface area (Å²) in [6.07, 6.45) is 5.60. The Bertz CT molecular complexity index is 332. The monoisotopic (exact) mass is 238 g/mol. The summed E-state index contributed by atoms with van der Waals surface area (Å²) in [6, 6.07) is 0. The molecule has 0 aliphatic carbocycles. The van der Waals surface area contributed by atoms with Crippen molar-refractivity contribution in [3.63, 3.8) is 0 Å². The van der Waals surface area contributed by atoms with Gasteiger partial charge in [-0.1, -0.05) is 38.9 Å². The van der Waals surface area contributed by atoms with Gasteiger partial charge in [-0.3, -0.25) is 0 Å². The largest absolute Gasteiger partial charge is 0.388 e. The second-order valence-corrected chi connectivity index (χ2v) is 4.15. The van der Waals surface area contributed by atoms with Crippen LogP contribution in [0.4, 0.5) is 5.82 Å². The average molecular weight is 238 g/mol. The summed E-state index contributed by atoms with van der Waals surface area (Å²) >= 11 is 4.80. The Hall–Kier alpha value is -1.23. The third-order valence-electron chi connectivity index (χ3n) is 2.63. The lowest BCUT2D eigenvalue weighted by Gasteiger charge is -2.13. The third kappa shape index (κ3) is 3.73. The van der Waals surface area contributed by atoms with Gasteiger partial charge < -0.3 is 11.1 Å². The van der Waals surface area contributed by atoms with Crippen LogP contribution in [0.5, 0.6) is 0 Å². The molecule has 0 aromatic carbocycles. The third-order valence-corrected chi connectivity index (χ3v) is 2.84. The number of thiocarbonyl (C=S) groups is 1. The van der Waals surface area contributed by atoms with Gasteiger partial charge in [-0.15, -0.1) is 0 Å². The summed E-state index contributed by atoms with van der Waals surface area (Å²) in [5, 5.41) is 3.26. The first-order valence-corrected chi connectivity index (χ1v) is 5.93. The molecule has 1 aromatic heterocycles. The highest BCUT2D eigenvalue weighted by atomic mass is 32.1. The van der Waals surface area contributed by atoms with E-state index in [0.29, 0.717) is 11.6 Å². The Labute approximate surface area is 102 Å². The van der Waals surface area contributed by atoms with Crippen molar-refractivity contribution in [1.82, 2.24) is 9.97 Å². The highest BCUT2D eigenvalue weighted by molar-refractivity contribution is 7.80. The molecule has 88 valence electrons. The van der Waals surface area contributed by atoms with Crippen molar-refractivity contribution < 1.29 is 0 Å². The van der Waals surface area contributed by atoms with Crippen LogP contribution in [0.3, 0.4) is 0 Å². The summed E-state index contributed by atoms with van der Waals surface area (Å²) in [5.74, 6) is 1.45. The van der Waals surface area contributed by atoms with Gasteiger partial charge in [0.2, 0.25) is 0 Å². The first kappa shape index (κ1) is 12.8. The first-order chi connectivity index (χ1) is 7.67. The number of nitrogens with zero attached hydrogens (tertiary/aromatic N) is 2. The molecular weight excluding hydrogens is 220 g/mol. The summed E-state index contributed by atoms with van der Waals surface area (Å²) in [4.78, 5) is 8.59. The van der Waals surface area contributed by atoms with Gasteiger partial charge in [0.15, 0.2) is 0 Å². The molecule has 0 aliphatic rings. The fraction of sp³-hybridized carbons (Fsp3) is 0.545. The van der Waals surface area contributed by atoms with Gasteiger partial charge in [0.25, 0.3) is 0 Å². The van der Waals surface area contributed by atoms with Gasteiger partial charge in [0.1, 0.15) is 16.5 Å². The predicted molar refractivity (Wildman–Crippen MR) is 70.5 cm³/mol. The number of aromatic nitrogens is 2. The van der Waals surface area contributed by atoms with Gasteiger partial charge >= 0.3 is 0 Å². The molecule has 0 radical (unpaired) electrons. The molecule has 0 atom stereocenters. The highest BCUT2D eigenvalue weighted by Crippen LogP contribution is 2.09. The molecule has 0 spiro atoms. The van der Waals surface area contributed by atoms with Crippen molar-refractivity contribution in [2.24, 2.45) is 11.7 Å². The number of anilines is 1. The van der Waals surface area contributed by atoms with Crippen molar-refractivity contribution in [2.45, 2.75) is 26.7 Å². The Morgan fingerprint density at radius 3 is 2.50 bits per heavy atom. The number of hydrogen-bond acceptors (Lipinski definition) is 4. The number of hydrogen-bond donors (Lipinski definition) is 2. The van der Waals surface area contributed by atoms with E-state index in [1.54, 1.807) is 12.4 Å². The van der Waals surface area contributed by atoms with Crippen molar-refractivity contribution in [1.29, 1.82) is 0 Å². The van der Waals surface area contributed by atoms with Crippen LogP contribution in [0, 0.1) is 5.92 Å². The molecule has 5 heteroatoms. The maximum Gasteiger partial charge on any atom is 0.144 e. The minimum Gasteiger partial charge on any atom is -0.388 e. The zero-order valence-electron chi connectivity index (χ0n) is 9.73. The molecule has 1 heterocycles. The molecule has 0 fully saturated rings. The molecule has 0 bridgehead atoms.